The molecule has 0 aliphatic carbocycles. The fourth-order valence-corrected chi connectivity index (χ4v) is 0.981. The summed E-state index contributed by atoms with van der Waals surface area (Å²) >= 11 is 0. The number of hydrogen-bond donors (Lipinski definition) is 0. The zero-order chi connectivity index (χ0) is 9.68. The first kappa shape index (κ1) is 9.29. The van der Waals surface area contributed by atoms with Gasteiger partial charge in [0, 0.05) is 10.5 Å². The Morgan fingerprint density at radius 3 is 2.54 bits per heavy atom. The van der Waals surface area contributed by atoms with E-state index in [2.05, 4.69) is 10.0 Å². The van der Waals surface area contributed by atoms with Gasteiger partial charge in [0.05, 0.1) is 0 Å². The van der Waals surface area contributed by atoms with Crippen molar-refractivity contribution < 1.29 is 4.79 Å². The molecule has 1 amide bonds. The van der Waals surface area contributed by atoms with Gasteiger partial charge in [0.25, 0.3) is 0 Å². The van der Waals surface area contributed by atoms with E-state index in [1.165, 1.54) is 0 Å². The molecule has 0 aliphatic rings. The van der Waals surface area contributed by atoms with E-state index in [1.807, 2.05) is 19.1 Å². The first-order chi connectivity index (χ1) is 6.27. The van der Waals surface area contributed by atoms with Crippen LogP contribution in [0.15, 0.2) is 29.4 Å². The van der Waals surface area contributed by atoms with Crippen LogP contribution in [0.25, 0.3) is 10.4 Å². The van der Waals surface area contributed by atoms with Gasteiger partial charge in [-0.2, -0.15) is 0 Å². The molecule has 0 heterocycles. The lowest BCUT2D eigenvalue weighted by molar-refractivity contribution is 0.100. The van der Waals surface area contributed by atoms with E-state index in [4.69, 9.17) is 5.53 Å². The van der Waals surface area contributed by atoms with E-state index in [0.29, 0.717) is 5.56 Å². The summed E-state index contributed by atoms with van der Waals surface area (Å²) in [6.45, 7) is 2.03. The van der Waals surface area contributed by atoms with Crippen LogP contribution >= 0.6 is 0 Å². The molecule has 0 fully saturated rings. The second kappa shape index (κ2) is 4.28. The van der Waals surface area contributed by atoms with Crippen molar-refractivity contribution >= 4 is 5.91 Å². The van der Waals surface area contributed by atoms with E-state index in [1.54, 1.807) is 12.1 Å². The number of carbonyl (C=O) groups is 1. The topological polar surface area (TPSA) is 65.8 Å². The van der Waals surface area contributed by atoms with Crippen LogP contribution in [-0.4, -0.2) is 5.91 Å². The molecular weight excluding hydrogens is 166 g/mol. The van der Waals surface area contributed by atoms with Crippen molar-refractivity contribution in [1.29, 1.82) is 0 Å². The summed E-state index contributed by atoms with van der Waals surface area (Å²) in [4.78, 5) is 13.5. The Hall–Kier alpha value is -1.80. The molecule has 0 radical (unpaired) electrons. The van der Waals surface area contributed by atoms with Gasteiger partial charge in [-0.15, -0.1) is 0 Å². The zero-order valence-corrected chi connectivity index (χ0v) is 7.27. The summed E-state index contributed by atoms with van der Waals surface area (Å²) in [6.07, 6.45) is 0.927. The minimum atomic E-state index is -0.537. The van der Waals surface area contributed by atoms with E-state index in [-0.39, 0.29) is 0 Å². The molecule has 0 aliphatic heterocycles. The third-order valence-corrected chi connectivity index (χ3v) is 1.74. The second-order valence-electron chi connectivity index (χ2n) is 2.55. The van der Waals surface area contributed by atoms with Gasteiger partial charge >= 0.3 is 0 Å². The van der Waals surface area contributed by atoms with Crippen LogP contribution in [0.2, 0.25) is 0 Å². The fourth-order valence-electron chi connectivity index (χ4n) is 0.981. The summed E-state index contributed by atoms with van der Waals surface area (Å²) in [5.41, 5.74) is 9.61. The third-order valence-electron chi connectivity index (χ3n) is 1.74. The largest absolute Gasteiger partial charge is 0.287 e. The second-order valence-corrected chi connectivity index (χ2v) is 2.55. The average Bonchev–Trinajstić information content (AvgIpc) is 2.18. The Morgan fingerprint density at radius 2 is 2.08 bits per heavy atom. The molecule has 0 aromatic heterocycles. The molecule has 0 atom stereocenters. The van der Waals surface area contributed by atoms with Gasteiger partial charge in [0.2, 0.25) is 5.91 Å². The van der Waals surface area contributed by atoms with Gasteiger partial charge < -0.3 is 0 Å². The standard InChI is InChI=1S/C9H9N3O/c1-2-7-3-5-8(6-4-7)9(13)11-12-10/h3-6H,2H2,1H3. The molecule has 1 aromatic rings. The monoisotopic (exact) mass is 175 g/mol. The van der Waals surface area contributed by atoms with Crippen LogP contribution < -0.4 is 0 Å². The van der Waals surface area contributed by atoms with Crippen LogP contribution in [0.1, 0.15) is 22.8 Å². The Kier molecular flexibility index (Phi) is 3.06. The van der Waals surface area contributed by atoms with Crippen molar-refractivity contribution in [3.63, 3.8) is 0 Å². The SMILES string of the molecule is CCc1ccc(C(=O)N=[N+]=[N-])cc1. The summed E-state index contributed by atoms with van der Waals surface area (Å²) in [5.74, 6) is -0.537. The number of azide groups is 1. The molecule has 0 bridgehead atoms. The molecular formula is C9H9N3O. The highest BCUT2D eigenvalue weighted by atomic mass is 16.1. The number of hydrogen-bond acceptors (Lipinski definition) is 1. The van der Waals surface area contributed by atoms with E-state index >= 15 is 0 Å². The molecule has 0 spiro atoms. The lowest BCUT2D eigenvalue weighted by Crippen LogP contribution is -1.92. The molecule has 1 aromatic carbocycles. The van der Waals surface area contributed by atoms with Gasteiger partial charge in [-0.3, -0.25) is 4.79 Å². The van der Waals surface area contributed by atoms with Crippen molar-refractivity contribution in [2.45, 2.75) is 13.3 Å². The Labute approximate surface area is 75.8 Å². The highest BCUT2D eigenvalue weighted by Gasteiger charge is 2.00. The van der Waals surface area contributed by atoms with Crippen LogP contribution in [-0.2, 0) is 6.42 Å². The highest BCUT2D eigenvalue weighted by molar-refractivity contribution is 5.94. The van der Waals surface area contributed by atoms with Crippen molar-refractivity contribution in [3.8, 4) is 0 Å². The number of carbonyl (C=O) groups excluding carboxylic acids is 1. The van der Waals surface area contributed by atoms with E-state index in [9.17, 15) is 4.79 Å². The minimum Gasteiger partial charge on any atom is -0.287 e. The number of amides is 1. The molecule has 4 heteroatoms. The lowest BCUT2D eigenvalue weighted by Gasteiger charge is -1.96. The highest BCUT2D eigenvalue weighted by Crippen LogP contribution is 2.06. The predicted molar refractivity (Wildman–Crippen MR) is 49.3 cm³/mol. The summed E-state index contributed by atoms with van der Waals surface area (Å²) in [6, 6.07) is 7.02. The molecule has 4 nitrogen and oxygen atoms in total. The van der Waals surface area contributed by atoms with E-state index < -0.39 is 5.91 Å². The number of rotatable bonds is 2. The maximum atomic E-state index is 11.0. The molecule has 0 unspecified atom stereocenters. The summed E-state index contributed by atoms with van der Waals surface area (Å²) in [7, 11) is 0. The van der Waals surface area contributed by atoms with Gasteiger partial charge in [-0.05, 0) is 22.6 Å². The van der Waals surface area contributed by atoms with Crippen molar-refractivity contribution in [3.05, 3.63) is 45.8 Å². The normalized spacial score (nSPS) is 9.00. The molecule has 0 N–H and O–H groups in total. The Balaban J connectivity index is 2.92. The predicted octanol–water partition coefficient (Wildman–Crippen LogP) is 2.70. The summed E-state index contributed by atoms with van der Waals surface area (Å²) in [5, 5.41) is 2.99. The molecule has 13 heavy (non-hydrogen) atoms. The molecule has 0 saturated heterocycles. The zero-order valence-electron chi connectivity index (χ0n) is 7.27. The van der Waals surface area contributed by atoms with Gasteiger partial charge in [0.1, 0.15) is 0 Å². The van der Waals surface area contributed by atoms with Crippen molar-refractivity contribution in [2.24, 2.45) is 5.11 Å². The van der Waals surface area contributed by atoms with Crippen LogP contribution in [0.3, 0.4) is 0 Å². The summed E-state index contributed by atoms with van der Waals surface area (Å²) < 4.78 is 0. The molecule has 1 rings (SSSR count). The van der Waals surface area contributed by atoms with Crippen LogP contribution in [0.5, 0.6) is 0 Å². The quantitative estimate of drug-likeness (QED) is 0.387. The Morgan fingerprint density at radius 1 is 1.46 bits per heavy atom. The smallest absolute Gasteiger partial charge is 0.249 e. The van der Waals surface area contributed by atoms with Gasteiger partial charge in [-0.25, -0.2) is 0 Å². The van der Waals surface area contributed by atoms with E-state index in [0.717, 1.165) is 12.0 Å². The van der Waals surface area contributed by atoms with Crippen molar-refractivity contribution in [2.75, 3.05) is 0 Å². The lowest BCUT2D eigenvalue weighted by atomic mass is 10.1. The molecule has 66 valence electrons. The fraction of sp³-hybridized carbons (Fsp3) is 0.222. The Bertz CT molecular complexity index is 350. The van der Waals surface area contributed by atoms with Gasteiger partial charge in [0.15, 0.2) is 0 Å². The molecule has 0 saturated carbocycles. The van der Waals surface area contributed by atoms with Crippen molar-refractivity contribution in [1.82, 2.24) is 0 Å². The average molecular weight is 175 g/mol. The van der Waals surface area contributed by atoms with Crippen LogP contribution in [0, 0.1) is 0 Å². The van der Waals surface area contributed by atoms with Crippen LogP contribution in [0.4, 0.5) is 0 Å². The maximum Gasteiger partial charge on any atom is 0.249 e. The maximum absolute atomic E-state index is 11.0. The number of nitrogens with zero attached hydrogens (tertiary/aromatic N) is 3. The van der Waals surface area contributed by atoms with Gasteiger partial charge in [-0.1, -0.05) is 31.2 Å². The first-order valence-corrected chi connectivity index (χ1v) is 3.96. The third kappa shape index (κ3) is 2.32. The first-order valence-electron chi connectivity index (χ1n) is 3.96. The number of benzene rings is 1. The minimum absolute atomic E-state index is 0.426. The number of aryl methyl sites for hydroxylation is 1.